The maximum atomic E-state index is 3.96. The van der Waals surface area contributed by atoms with Gasteiger partial charge in [0.05, 0.1) is 6.20 Å². The SMILES string of the molecule is CC(NC1CCCNC1)c1cn[nH]c1. The molecule has 2 unspecified atom stereocenters. The number of aromatic amines is 1. The third kappa shape index (κ3) is 2.33. The lowest BCUT2D eigenvalue weighted by molar-refractivity contribution is 0.362. The summed E-state index contributed by atoms with van der Waals surface area (Å²) >= 11 is 0. The van der Waals surface area contributed by atoms with Crippen molar-refractivity contribution < 1.29 is 0 Å². The van der Waals surface area contributed by atoms with E-state index in [0.717, 1.165) is 13.1 Å². The van der Waals surface area contributed by atoms with Crippen LogP contribution in [0.1, 0.15) is 31.4 Å². The van der Waals surface area contributed by atoms with E-state index in [0.29, 0.717) is 12.1 Å². The summed E-state index contributed by atoms with van der Waals surface area (Å²) in [6.45, 7) is 4.43. The molecule has 4 nitrogen and oxygen atoms in total. The molecular weight excluding hydrogens is 176 g/mol. The molecule has 3 N–H and O–H groups in total. The Balaban J connectivity index is 1.84. The smallest absolute Gasteiger partial charge is 0.0534 e. The number of hydrogen-bond acceptors (Lipinski definition) is 3. The molecule has 0 saturated carbocycles. The Morgan fingerprint density at radius 1 is 1.64 bits per heavy atom. The number of nitrogens with one attached hydrogen (secondary N) is 3. The zero-order chi connectivity index (χ0) is 9.80. The van der Waals surface area contributed by atoms with Crippen LogP contribution in [-0.4, -0.2) is 29.3 Å². The third-order valence-corrected chi connectivity index (χ3v) is 2.80. The fourth-order valence-corrected chi connectivity index (χ4v) is 1.94. The van der Waals surface area contributed by atoms with Crippen molar-refractivity contribution >= 4 is 0 Å². The second-order valence-electron chi connectivity index (χ2n) is 3.96. The molecule has 0 spiro atoms. The van der Waals surface area contributed by atoms with Crippen LogP contribution in [0.5, 0.6) is 0 Å². The van der Waals surface area contributed by atoms with Crippen LogP contribution < -0.4 is 10.6 Å². The molecule has 1 aromatic heterocycles. The van der Waals surface area contributed by atoms with Crippen LogP contribution in [0.2, 0.25) is 0 Å². The van der Waals surface area contributed by atoms with E-state index >= 15 is 0 Å². The lowest BCUT2D eigenvalue weighted by Crippen LogP contribution is -2.43. The van der Waals surface area contributed by atoms with Gasteiger partial charge in [-0.15, -0.1) is 0 Å². The molecule has 0 amide bonds. The predicted octanol–water partition coefficient (Wildman–Crippen LogP) is 0.812. The van der Waals surface area contributed by atoms with Crippen LogP contribution in [0.15, 0.2) is 12.4 Å². The van der Waals surface area contributed by atoms with Crippen molar-refractivity contribution in [2.45, 2.75) is 31.8 Å². The lowest BCUT2D eigenvalue weighted by atomic mass is 10.1. The zero-order valence-electron chi connectivity index (χ0n) is 8.59. The standard InChI is InChI=1S/C10H18N4/c1-8(9-5-12-13-6-9)14-10-3-2-4-11-7-10/h5-6,8,10-11,14H,2-4,7H2,1H3,(H,12,13). The van der Waals surface area contributed by atoms with Crippen molar-refractivity contribution in [2.75, 3.05) is 13.1 Å². The quantitative estimate of drug-likeness (QED) is 0.667. The summed E-state index contributed by atoms with van der Waals surface area (Å²) < 4.78 is 0. The van der Waals surface area contributed by atoms with E-state index < -0.39 is 0 Å². The Kier molecular flexibility index (Phi) is 3.16. The van der Waals surface area contributed by atoms with Gasteiger partial charge in [-0.3, -0.25) is 5.10 Å². The summed E-state index contributed by atoms with van der Waals surface area (Å²) in [5.41, 5.74) is 1.23. The van der Waals surface area contributed by atoms with E-state index in [-0.39, 0.29) is 0 Å². The van der Waals surface area contributed by atoms with Crippen molar-refractivity contribution in [1.29, 1.82) is 0 Å². The normalized spacial score (nSPS) is 24.8. The molecule has 0 aromatic carbocycles. The molecule has 2 rings (SSSR count). The molecule has 0 bridgehead atoms. The van der Waals surface area contributed by atoms with Crippen molar-refractivity contribution in [3.63, 3.8) is 0 Å². The van der Waals surface area contributed by atoms with Crippen molar-refractivity contribution in [3.8, 4) is 0 Å². The Labute approximate surface area is 84.5 Å². The molecule has 0 radical (unpaired) electrons. The maximum Gasteiger partial charge on any atom is 0.0534 e. The minimum atomic E-state index is 0.388. The van der Waals surface area contributed by atoms with Crippen LogP contribution in [0.25, 0.3) is 0 Å². The molecule has 1 aliphatic rings. The Morgan fingerprint density at radius 2 is 2.57 bits per heavy atom. The second kappa shape index (κ2) is 4.57. The molecule has 1 fully saturated rings. The summed E-state index contributed by atoms with van der Waals surface area (Å²) in [5.74, 6) is 0. The molecule has 2 heterocycles. The topological polar surface area (TPSA) is 52.7 Å². The van der Waals surface area contributed by atoms with Gasteiger partial charge in [-0.2, -0.15) is 5.10 Å². The van der Waals surface area contributed by atoms with Crippen molar-refractivity contribution in [1.82, 2.24) is 20.8 Å². The molecule has 2 atom stereocenters. The van der Waals surface area contributed by atoms with Crippen LogP contribution >= 0.6 is 0 Å². The van der Waals surface area contributed by atoms with Gasteiger partial charge in [0.2, 0.25) is 0 Å². The molecule has 4 heteroatoms. The highest BCUT2D eigenvalue weighted by molar-refractivity contribution is 5.08. The number of nitrogens with zero attached hydrogens (tertiary/aromatic N) is 1. The average molecular weight is 194 g/mol. The van der Waals surface area contributed by atoms with Crippen molar-refractivity contribution in [2.24, 2.45) is 0 Å². The lowest BCUT2D eigenvalue weighted by Gasteiger charge is -2.26. The number of aromatic nitrogens is 2. The monoisotopic (exact) mass is 194 g/mol. The van der Waals surface area contributed by atoms with Gasteiger partial charge >= 0.3 is 0 Å². The summed E-state index contributed by atoms with van der Waals surface area (Å²) in [4.78, 5) is 0. The molecule has 1 aromatic rings. The summed E-state index contributed by atoms with van der Waals surface area (Å²) in [5, 5.41) is 13.8. The molecule has 0 aliphatic carbocycles. The first-order valence-electron chi connectivity index (χ1n) is 5.31. The largest absolute Gasteiger partial charge is 0.315 e. The first kappa shape index (κ1) is 9.68. The van der Waals surface area contributed by atoms with Crippen LogP contribution in [0.3, 0.4) is 0 Å². The van der Waals surface area contributed by atoms with Gasteiger partial charge < -0.3 is 10.6 Å². The number of H-pyrrole nitrogens is 1. The Morgan fingerprint density at radius 3 is 3.21 bits per heavy atom. The first-order chi connectivity index (χ1) is 6.86. The fraction of sp³-hybridized carbons (Fsp3) is 0.700. The number of hydrogen-bond donors (Lipinski definition) is 3. The second-order valence-corrected chi connectivity index (χ2v) is 3.96. The predicted molar refractivity (Wildman–Crippen MR) is 56.0 cm³/mol. The maximum absolute atomic E-state index is 3.96. The van der Waals surface area contributed by atoms with Gasteiger partial charge in [0.15, 0.2) is 0 Å². The average Bonchev–Trinajstić information content (AvgIpc) is 2.72. The molecule has 1 aliphatic heterocycles. The van der Waals surface area contributed by atoms with E-state index in [2.05, 4.69) is 27.8 Å². The summed E-state index contributed by atoms with van der Waals surface area (Å²) in [6.07, 6.45) is 6.38. The van der Waals surface area contributed by atoms with Gasteiger partial charge in [-0.05, 0) is 26.3 Å². The molecule has 78 valence electrons. The van der Waals surface area contributed by atoms with Gasteiger partial charge in [-0.1, -0.05) is 0 Å². The van der Waals surface area contributed by atoms with Crippen LogP contribution in [-0.2, 0) is 0 Å². The first-order valence-corrected chi connectivity index (χ1v) is 5.31. The van der Waals surface area contributed by atoms with E-state index in [1.165, 1.54) is 18.4 Å². The highest BCUT2D eigenvalue weighted by Gasteiger charge is 2.15. The van der Waals surface area contributed by atoms with Gasteiger partial charge in [0, 0.05) is 30.4 Å². The van der Waals surface area contributed by atoms with Gasteiger partial charge in [0.1, 0.15) is 0 Å². The summed E-state index contributed by atoms with van der Waals surface area (Å²) in [7, 11) is 0. The number of rotatable bonds is 3. The molecular formula is C10H18N4. The van der Waals surface area contributed by atoms with Gasteiger partial charge in [0.25, 0.3) is 0 Å². The van der Waals surface area contributed by atoms with Crippen LogP contribution in [0, 0.1) is 0 Å². The zero-order valence-corrected chi connectivity index (χ0v) is 8.59. The van der Waals surface area contributed by atoms with Crippen molar-refractivity contribution in [3.05, 3.63) is 18.0 Å². The van der Waals surface area contributed by atoms with E-state index in [4.69, 9.17) is 0 Å². The minimum Gasteiger partial charge on any atom is -0.315 e. The Bertz CT molecular complexity index is 251. The third-order valence-electron chi connectivity index (χ3n) is 2.80. The highest BCUT2D eigenvalue weighted by atomic mass is 15.1. The fourth-order valence-electron chi connectivity index (χ4n) is 1.94. The molecule has 14 heavy (non-hydrogen) atoms. The van der Waals surface area contributed by atoms with Gasteiger partial charge in [-0.25, -0.2) is 0 Å². The molecule has 1 saturated heterocycles. The Hall–Kier alpha value is -0.870. The van der Waals surface area contributed by atoms with Crippen LogP contribution in [0.4, 0.5) is 0 Å². The highest BCUT2D eigenvalue weighted by Crippen LogP contribution is 2.12. The van der Waals surface area contributed by atoms with E-state index in [1.807, 2.05) is 12.4 Å². The minimum absolute atomic E-state index is 0.388. The van der Waals surface area contributed by atoms with E-state index in [1.54, 1.807) is 0 Å². The van der Waals surface area contributed by atoms with E-state index in [9.17, 15) is 0 Å². The number of piperidine rings is 1. The summed E-state index contributed by atoms with van der Waals surface area (Å²) in [6, 6.07) is 0.993.